The van der Waals surface area contributed by atoms with Crippen LogP contribution < -0.4 is 11.1 Å². The second kappa shape index (κ2) is 4.67. The molecule has 1 heterocycles. The number of hydrogen-bond donors (Lipinski definition) is 5. The van der Waals surface area contributed by atoms with Crippen LogP contribution in [0.2, 0.25) is 0 Å². The summed E-state index contributed by atoms with van der Waals surface area (Å²) in [6.45, 7) is -0.556. The molecule has 0 aromatic rings. The molecule has 0 aliphatic carbocycles. The fourth-order valence-corrected chi connectivity index (χ4v) is 1.27. The lowest BCUT2D eigenvalue weighted by atomic mass is 10.1. The van der Waals surface area contributed by atoms with Crippen LogP contribution in [0.3, 0.4) is 0 Å². The summed E-state index contributed by atoms with van der Waals surface area (Å²) in [6.07, 6.45) is -4.05. The van der Waals surface area contributed by atoms with Crippen molar-refractivity contribution in [1.29, 1.82) is 0 Å². The predicted molar refractivity (Wildman–Crippen MR) is 45.0 cm³/mol. The van der Waals surface area contributed by atoms with Crippen LogP contribution in [0, 0.1) is 0 Å². The van der Waals surface area contributed by atoms with Crippen LogP contribution in [0.15, 0.2) is 0 Å². The average Bonchev–Trinajstić information content (AvgIpc) is 2.41. The summed E-state index contributed by atoms with van der Waals surface area (Å²) in [5, 5.41) is 29.9. The van der Waals surface area contributed by atoms with Crippen LogP contribution >= 0.6 is 0 Å². The maximum Gasteiger partial charge on any atom is 0.231 e. The van der Waals surface area contributed by atoms with Gasteiger partial charge in [-0.15, -0.1) is 0 Å². The molecule has 1 fully saturated rings. The maximum atomic E-state index is 10.4. The van der Waals surface area contributed by atoms with Crippen molar-refractivity contribution in [2.75, 3.05) is 13.2 Å². The molecule has 0 aromatic carbocycles. The van der Waals surface area contributed by atoms with E-state index in [1.165, 1.54) is 0 Å². The van der Waals surface area contributed by atoms with Gasteiger partial charge in [-0.25, -0.2) is 0 Å². The Hall–Kier alpha value is -0.730. The van der Waals surface area contributed by atoms with Crippen molar-refractivity contribution in [3.63, 3.8) is 0 Å². The quantitative estimate of drug-likeness (QED) is 0.325. The largest absolute Gasteiger partial charge is 0.394 e. The highest BCUT2D eigenvalue weighted by atomic mass is 16.6. The first-order valence-electron chi connectivity index (χ1n) is 4.20. The molecule has 0 radical (unpaired) electrons. The molecule has 0 saturated carbocycles. The minimum absolute atomic E-state index is 0.160. The first kappa shape index (κ1) is 11.3. The van der Waals surface area contributed by atoms with Gasteiger partial charge >= 0.3 is 0 Å². The highest BCUT2D eigenvalue weighted by Gasteiger charge is 2.42. The molecule has 7 nitrogen and oxygen atoms in total. The lowest BCUT2D eigenvalue weighted by Crippen LogP contribution is -2.44. The van der Waals surface area contributed by atoms with E-state index in [4.69, 9.17) is 15.6 Å². The van der Waals surface area contributed by atoms with Crippen LogP contribution in [-0.4, -0.2) is 58.9 Å². The van der Waals surface area contributed by atoms with Crippen molar-refractivity contribution in [2.24, 2.45) is 5.73 Å². The van der Waals surface area contributed by atoms with Crippen molar-refractivity contribution in [1.82, 2.24) is 5.32 Å². The summed E-state index contributed by atoms with van der Waals surface area (Å²) in [5.74, 6) is -0.595. The van der Waals surface area contributed by atoms with Crippen LogP contribution in [0.1, 0.15) is 0 Å². The average molecular weight is 206 g/mol. The third-order valence-corrected chi connectivity index (χ3v) is 2.02. The third kappa shape index (κ3) is 2.40. The first-order valence-corrected chi connectivity index (χ1v) is 4.20. The van der Waals surface area contributed by atoms with Gasteiger partial charge in [-0.2, -0.15) is 0 Å². The van der Waals surface area contributed by atoms with Crippen molar-refractivity contribution >= 4 is 5.91 Å². The molecule has 14 heavy (non-hydrogen) atoms. The van der Waals surface area contributed by atoms with Gasteiger partial charge in [0.05, 0.1) is 13.2 Å². The van der Waals surface area contributed by atoms with Gasteiger partial charge < -0.3 is 25.8 Å². The zero-order chi connectivity index (χ0) is 10.7. The van der Waals surface area contributed by atoms with E-state index >= 15 is 0 Å². The Morgan fingerprint density at radius 1 is 1.43 bits per heavy atom. The molecule has 0 aromatic heterocycles. The van der Waals surface area contributed by atoms with Gasteiger partial charge in [-0.3, -0.25) is 10.1 Å². The highest BCUT2D eigenvalue weighted by molar-refractivity contribution is 5.75. The standard InChI is InChI=1S/C7H14N2O5/c8-4(11)1-9-7-6(13)5(12)3(2-10)14-7/h3,5-7,9-10,12-13H,1-2H2,(H2,8,11)/t3-,5-,6-,7?/m1/s1. The molecular formula is C7H14N2O5. The minimum Gasteiger partial charge on any atom is -0.394 e. The number of aliphatic hydroxyl groups is 3. The van der Waals surface area contributed by atoms with Crippen molar-refractivity contribution in [2.45, 2.75) is 24.5 Å². The third-order valence-electron chi connectivity index (χ3n) is 2.02. The molecule has 0 spiro atoms. The number of carbonyl (C=O) groups is 1. The lowest BCUT2D eigenvalue weighted by Gasteiger charge is -2.14. The molecule has 4 atom stereocenters. The van der Waals surface area contributed by atoms with Gasteiger partial charge in [0.1, 0.15) is 24.5 Å². The molecule has 1 saturated heterocycles. The molecule has 0 bridgehead atoms. The SMILES string of the molecule is NC(=O)CNC1O[C@H](CO)[C@@H](O)[C@H]1O. The normalized spacial score (nSPS) is 37.4. The summed E-state index contributed by atoms with van der Waals surface area (Å²) in [5.41, 5.74) is 4.87. The summed E-state index contributed by atoms with van der Waals surface area (Å²) in [4.78, 5) is 10.4. The Labute approximate surface area is 80.5 Å². The van der Waals surface area contributed by atoms with E-state index in [1.54, 1.807) is 0 Å². The number of amides is 1. The van der Waals surface area contributed by atoms with Crippen LogP contribution in [0.25, 0.3) is 0 Å². The molecule has 1 aliphatic heterocycles. The van der Waals surface area contributed by atoms with Gasteiger partial charge in [0.25, 0.3) is 0 Å². The van der Waals surface area contributed by atoms with Gasteiger partial charge in [0.2, 0.25) is 5.91 Å². The summed E-state index contributed by atoms with van der Waals surface area (Å²) < 4.78 is 5.02. The molecule has 7 heteroatoms. The predicted octanol–water partition coefficient (Wildman–Crippen LogP) is -3.50. The minimum atomic E-state index is -1.17. The second-order valence-electron chi connectivity index (χ2n) is 3.11. The number of rotatable bonds is 4. The fraction of sp³-hybridized carbons (Fsp3) is 0.857. The van der Waals surface area contributed by atoms with Crippen LogP contribution in [-0.2, 0) is 9.53 Å². The van der Waals surface area contributed by atoms with E-state index in [2.05, 4.69) is 5.32 Å². The monoisotopic (exact) mass is 206 g/mol. The number of hydrogen-bond acceptors (Lipinski definition) is 6. The van der Waals surface area contributed by atoms with E-state index in [-0.39, 0.29) is 6.54 Å². The Kier molecular flexibility index (Phi) is 3.78. The van der Waals surface area contributed by atoms with Gasteiger partial charge in [0.15, 0.2) is 0 Å². The molecule has 1 rings (SSSR count). The molecule has 1 unspecified atom stereocenters. The molecule has 1 aliphatic rings. The molecule has 82 valence electrons. The summed E-state index contributed by atoms with van der Waals surface area (Å²) >= 11 is 0. The summed E-state index contributed by atoms with van der Waals surface area (Å²) in [6, 6.07) is 0. The van der Waals surface area contributed by atoms with Gasteiger partial charge in [-0.05, 0) is 0 Å². The van der Waals surface area contributed by atoms with Crippen molar-refractivity contribution in [3.05, 3.63) is 0 Å². The van der Waals surface area contributed by atoms with Crippen molar-refractivity contribution < 1.29 is 24.9 Å². The maximum absolute atomic E-state index is 10.4. The number of nitrogens with two attached hydrogens (primary N) is 1. The smallest absolute Gasteiger partial charge is 0.231 e. The van der Waals surface area contributed by atoms with E-state index in [0.717, 1.165) is 0 Å². The number of primary amides is 1. The number of ether oxygens (including phenoxy) is 1. The van der Waals surface area contributed by atoms with Crippen LogP contribution in [0.4, 0.5) is 0 Å². The topological polar surface area (TPSA) is 125 Å². The lowest BCUT2D eigenvalue weighted by molar-refractivity contribution is -0.118. The molecular weight excluding hydrogens is 192 g/mol. The first-order chi connectivity index (χ1) is 6.56. The van der Waals surface area contributed by atoms with Crippen molar-refractivity contribution in [3.8, 4) is 0 Å². The Bertz CT molecular complexity index is 212. The number of carbonyl (C=O) groups excluding carboxylic acids is 1. The Balaban J connectivity index is 2.44. The zero-order valence-corrected chi connectivity index (χ0v) is 7.46. The van der Waals surface area contributed by atoms with E-state index < -0.39 is 37.1 Å². The number of nitrogens with one attached hydrogen (secondary N) is 1. The van der Waals surface area contributed by atoms with Gasteiger partial charge in [-0.1, -0.05) is 0 Å². The summed E-state index contributed by atoms with van der Waals surface area (Å²) in [7, 11) is 0. The zero-order valence-electron chi connectivity index (χ0n) is 7.46. The van der Waals surface area contributed by atoms with E-state index in [1.807, 2.05) is 0 Å². The highest BCUT2D eigenvalue weighted by Crippen LogP contribution is 2.18. The molecule has 6 N–H and O–H groups in total. The Morgan fingerprint density at radius 3 is 2.50 bits per heavy atom. The van der Waals surface area contributed by atoms with E-state index in [9.17, 15) is 15.0 Å². The van der Waals surface area contributed by atoms with E-state index in [0.29, 0.717) is 0 Å². The molecule has 1 amide bonds. The van der Waals surface area contributed by atoms with Gasteiger partial charge in [0, 0.05) is 0 Å². The fourth-order valence-electron chi connectivity index (χ4n) is 1.27. The Morgan fingerprint density at radius 2 is 2.07 bits per heavy atom. The number of aliphatic hydroxyl groups excluding tert-OH is 3. The van der Waals surface area contributed by atoms with Crippen LogP contribution in [0.5, 0.6) is 0 Å². The second-order valence-corrected chi connectivity index (χ2v) is 3.11.